The lowest BCUT2D eigenvalue weighted by atomic mass is 9.77. The third-order valence-corrected chi connectivity index (χ3v) is 8.20. The zero-order valence-electron chi connectivity index (χ0n) is 17.5. The third kappa shape index (κ3) is 4.06. The first-order chi connectivity index (χ1) is 15.7. The summed E-state index contributed by atoms with van der Waals surface area (Å²) in [5.74, 6) is -4.51. The lowest BCUT2D eigenvalue weighted by molar-refractivity contribution is 0.0191. The predicted molar refractivity (Wildman–Crippen MR) is 116 cm³/mol. The highest BCUT2D eigenvalue weighted by atomic mass is 35.5. The molecule has 3 atom stereocenters. The van der Waals surface area contributed by atoms with Crippen molar-refractivity contribution in [1.82, 2.24) is 19.9 Å². The molecule has 2 aromatic rings. The Labute approximate surface area is 195 Å². The molecule has 4 heterocycles. The number of aromatic nitrogens is 4. The fourth-order valence-electron chi connectivity index (χ4n) is 4.50. The molecule has 2 fully saturated rings. The van der Waals surface area contributed by atoms with E-state index in [1.807, 2.05) is 0 Å². The van der Waals surface area contributed by atoms with E-state index in [1.165, 1.54) is 17.3 Å². The van der Waals surface area contributed by atoms with Crippen molar-refractivity contribution in [1.29, 1.82) is 0 Å². The van der Waals surface area contributed by atoms with Crippen molar-refractivity contribution >= 4 is 34.2 Å². The van der Waals surface area contributed by atoms with Crippen LogP contribution in [0.25, 0.3) is 0 Å². The molecule has 5 rings (SSSR count). The van der Waals surface area contributed by atoms with Crippen molar-refractivity contribution < 1.29 is 22.5 Å². The van der Waals surface area contributed by atoms with Gasteiger partial charge >= 0.3 is 5.92 Å². The summed E-state index contributed by atoms with van der Waals surface area (Å²) in [5, 5.41) is 13.2. The first kappa shape index (κ1) is 22.7. The number of anilines is 2. The summed E-state index contributed by atoms with van der Waals surface area (Å²) in [4.78, 5) is 18.0. The normalized spacial score (nSPS) is 27.7. The molecule has 13 heteroatoms. The highest BCUT2D eigenvalue weighted by molar-refractivity contribution is 7.85. The lowest BCUT2D eigenvalue weighted by Gasteiger charge is -2.42. The van der Waals surface area contributed by atoms with Gasteiger partial charge in [-0.2, -0.15) is 13.8 Å². The van der Waals surface area contributed by atoms with E-state index in [-0.39, 0.29) is 29.8 Å². The van der Waals surface area contributed by atoms with E-state index in [1.54, 1.807) is 0 Å². The molecule has 0 amide bonds. The number of aliphatic hydroxyl groups excluding tert-OH is 1. The average Bonchev–Trinajstić information content (AvgIpc) is 2.99. The van der Waals surface area contributed by atoms with Crippen molar-refractivity contribution in [3.8, 4) is 0 Å². The van der Waals surface area contributed by atoms with Gasteiger partial charge in [-0.3, -0.25) is 4.21 Å². The van der Waals surface area contributed by atoms with Crippen LogP contribution in [0.4, 0.5) is 24.9 Å². The highest BCUT2D eigenvalue weighted by Gasteiger charge is 2.50. The average molecular weight is 503 g/mol. The number of alkyl halides is 3. The minimum absolute atomic E-state index is 0.0258. The fourth-order valence-corrected chi connectivity index (χ4v) is 5.93. The molecule has 0 bridgehead atoms. The van der Waals surface area contributed by atoms with Gasteiger partial charge in [0.2, 0.25) is 5.95 Å². The van der Waals surface area contributed by atoms with Crippen LogP contribution in [0.5, 0.6) is 0 Å². The predicted octanol–water partition coefficient (Wildman–Crippen LogP) is 2.79. The first-order valence-electron chi connectivity index (χ1n) is 10.7. The molecule has 1 saturated heterocycles. The summed E-state index contributed by atoms with van der Waals surface area (Å²) in [5.41, 5.74) is -1.29. The number of fused-ring (bicyclic) bond motifs is 1. The van der Waals surface area contributed by atoms with Crippen LogP contribution >= 0.6 is 11.6 Å². The molecule has 8 nitrogen and oxygen atoms in total. The molecule has 1 saturated carbocycles. The fraction of sp³-hybridized carbons (Fsp3) is 0.600. The van der Waals surface area contributed by atoms with Crippen molar-refractivity contribution in [3.05, 3.63) is 28.9 Å². The van der Waals surface area contributed by atoms with Crippen molar-refractivity contribution in [2.75, 3.05) is 35.7 Å². The maximum absolute atomic E-state index is 15.1. The Morgan fingerprint density at radius 3 is 2.61 bits per heavy atom. The molecule has 178 valence electrons. The highest BCUT2D eigenvalue weighted by Crippen LogP contribution is 2.45. The van der Waals surface area contributed by atoms with Gasteiger partial charge in [-0.15, -0.1) is 0 Å². The summed E-state index contributed by atoms with van der Waals surface area (Å²) in [6.45, 7) is -0.0348. The Balaban J connectivity index is 1.46. The van der Waals surface area contributed by atoms with E-state index in [2.05, 4.69) is 25.3 Å². The molecule has 33 heavy (non-hydrogen) atoms. The molecule has 2 aliphatic heterocycles. The van der Waals surface area contributed by atoms with Crippen LogP contribution < -0.4 is 10.2 Å². The summed E-state index contributed by atoms with van der Waals surface area (Å²) in [6, 6.07) is 0. The summed E-state index contributed by atoms with van der Waals surface area (Å²) in [7, 11) is -1.99. The van der Waals surface area contributed by atoms with Crippen LogP contribution in [-0.2, 0) is 16.7 Å². The van der Waals surface area contributed by atoms with Gasteiger partial charge in [-0.05, 0) is 25.7 Å². The van der Waals surface area contributed by atoms with Gasteiger partial charge in [-0.25, -0.2) is 19.3 Å². The van der Waals surface area contributed by atoms with Gasteiger partial charge in [0.1, 0.15) is 28.4 Å². The van der Waals surface area contributed by atoms with E-state index in [4.69, 9.17) is 11.6 Å². The van der Waals surface area contributed by atoms with Gasteiger partial charge in [0.25, 0.3) is 0 Å². The van der Waals surface area contributed by atoms with Crippen LogP contribution in [0, 0.1) is 0 Å². The molecule has 0 radical (unpaired) electrons. The van der Waals surface area contributed by atoms with E-state index >= 15 is 4.39 Å². The Hall–Kier alpha value is -2.05. The number of aliphatic hydroxyl groups is 1. The monoisotopic (exact) mass is 502 g/mol. The van der Waals surface area contributed by atoms with Crippen LogP contribution in [0.15, 0.2) is 17.3 Å². The number of halogens is 4. The zero-order valence-corrected chi connectivity index (χ0v) is 19.1. The number of nitrogens with zero attached hydrogens (tertiary/aromatic N) is 5. The van der Waals surface area contributed by atoms with Crippen LogP contribution in [-0.4, -0.2) is 66.4 Å². The molecule has 0 aromatic carbocycles. The molecule has 3 unspecified atom stereocenters. The number of hydrogen-bond donors (Lipinski definition) is 2. The topological polar surface area (TPSA) is 104 Å². The summed E-state index contributed by atoms with van der Waals surface area (Å²) < 4.78 is 56.9. The van der Waals surface area contributed by atoms with Crippen molar-refractivity contribution in [3.63, 3.8) is 0 Å². The van der Waals surface area contributed by atoms with E-state index in [0.29, 0.717) is 36.7 Å². The molecule has 0 spiro atoms. The minimum atomic E-state index is -3.38. The van der Waals surface area contributed by atoms with Crippen LogP contribution in [0.2, 0.25) is 5.02 Å². The SMILES string of the molecule is O=S1CC(F)(F)c2nc(N3CCC(c4ncc(Cl)cn4)C(F)C3)nc(NC3(CO)CCC3)c21. The van der Waals surface area contributed by atoms with Crippen molar-refractivity contribution in [2.45, 2.75) is 54.1 Å². The maximum atomic E-state index is 15.1. The maximum Gasteiger partial charge on any atom is 0.302 e. The summed E-state index contributed by atoms with van der Waals surface area (Å²) in [6.07, 6.45) is 3.91. The van der Waals surface area contributed by atoms with E-state index in [9.17, 15) is 18.1 Å². The third-order valence-electron chi connectivity index (χ3n) is 6.53. The summed E-state index contributed by atoms with van der Waals surface area (Å²) >= 11 is 5.81. The molecule has 2 aromatic heterocycles. The molecule has 1 aliphatic carbocycles. The molecular formula is C20H22ClF3N6O2S. The number of rotatable bonds is 5. The quantitative estimate of drug-likeness (QED) is 0.643. The lowest BCUT2D eigenvalue weighted by Crippen LogP contribution is -2.49. The second kappa shape index (κ2) is 8.31. The minimum Gasteiger partial charge on any atom is -0.394 e. The van der Waals surface area contributed by atoms with Crippen molar-refractivity contribution in [2.24, 2.45) is 0 Å². The standard InChI is InChI=1S/C20H22ClF3N6O2S/c21-11-6-25-16(26-7-11)12-2-5-30(8-13(12)22)18-27-15-14(33(32)10-20(15,23)24)17(28-18)29-19(9-31)3-1-4-19/h6-7,12-13,31H,1-5,8-10H2,(H,27,28,29). The molecule has 2 N–H and O–H groups in total. The van der Waals surface area contributed by atoms with Gasteiger partial charge in [0.15, 0.2) is 0 Å². The van der Waals surface area contributed by atoms with E-state index in [0.717, 1.165) is 6.42 Å². The van der Waals surface area contributed by atoms with Gasteiger partial charge < -0.3 is 15.3 Å². The van der Waals surface area contributed by atoms with Gasteiger partial charge in [-0.1, -0.05) is 11.6 Å². The largest absolute Gasteiger partial charge is 0.394 e. The van der Waals surface area contributed by atoms with E-state index < -0.39 is 45.8 Å². The smallest absolute Gasteiger partial charge is 0.302 e. The van der Waals surface area contributed by atoms with Crippen LogP contribution in [0.3, 0.4) is 0 Å². The number of piperidine rings is 1. The Morgan fingerprint density at radius 1 is 1.27 bits per heavy atom. The van der Waals surface area contributed by atoms with Crippen LogP contribution in [0.1, 0.15) is 43.1 Å². The Bertz CT molecular complexity index is 1080. The molecule has 3 aliphatic rings. The molecular weight excluding hydrogens is 481 g/mol. The van der Waals surface area contributed by atoms with Gasteiger partial charge in [0.05, 0.1) is 46.2 Å². The second-order valence-corrected chi connectivity index (χ2v) is 10.6. The number of hydrogen-bond acceptors (Lipinski definition) is 8. The zero-order chi connectivity index (χ0) is 23.4. The Morgan fingerprint density at radius 2 is 2.00 bits per heavy atom. The van der Waals surface area contributed by atoms with Gasteiger partial charge in [0, 0.05) is 18.9 Å². The second-order valence-electron chi connectivity index (χ2n) is 8.78. The first-order valence-corrected chi connectivity index (χ1v) is 12.4. The number of nitrogens with one attached hydrogen (secondary N) is 1. The Kier molecular flexibility index (Phi) is 5.73.